The van der Waals surface area contributed by atoms with Gasteiger partial charge in [0.1, 0.15) is 0 Å². The van der Waals surface area contributed by atoms with Crippen LogP contribution in [0.3, 0.4) is 0 Å². The molecule has 0 heterocycles. The van der Waals surface area contributed by atoms with Gasteiger partial charge in [-0.05, 0) is 29.3 Å². The van der Waals surface area contributed by atoms with Crippen LogP contribution in [0.2, 0.25) is 0 Å². The highest BCUT2D eigenvalue weighted by atomic mass is 32.2. The quantitative estimate of drug-likeness (QED) is 0.581. The maximum atomic E-state index is 12.3. The van der Waals surface area contributed by atoms with Crippen LogP contribution in [0.25, 0.3) is 0 Å². The van der Waals surface area contributed by atoms with Crippen molar-refractivity contribution in [3.63, 3.8) is 0 Å². The smallest absolute Gasteiger partial charge is 0.417 e. The Balaban J connectivity index is 3.38. The number of anilines is 1. The third kappa shape index (κ3) is 2.24. The van der Waals surface area contributed by atoms with Crippen LogP contribution in [-0.2, 0) is 17.3 Å². The molecule has 0 fully saturated rings. The molecule has 0 aromatic heterocycles. The predicted octanol–water partition coefficient (Wildman–Crippen LogP) is 1.53. The van der Waals surface area contributed by atoms with Crippen molar-refractivity contribution in [2.75, 3.05) is 5.73 Å². The third-order valence-corrected chi connectivity index (χ3v) is 2.20. The lowest BCUT2D eigenvalue weighted by Crippen LogP contribution is -2.10. The van der Waals surface area contributed by atoms with Gasteiger partial charge < -0.3 is 10.3 Å². The average molecular weight is 224 g/mol. The first-order valence-electron chi connectivity index (χ1n) is 3.38. The molecule has 0 saturated heterocycles. The van der Waals surface area contributed by atoms with Gasteiger partial charge in [-0.3, -0.25) is 4.21 Å². The fourth-order valence-corrected chi connectivity index (χ4v) is 1.45. The fraction of sp³-hybridized carbons (Fsp3) is 0.143. The zero-order chi connectivity index (χ0) is 10.9. The van der Waals surface area contributed by atoms with E-state index in [-0.39, 0.29) is 5.69 Å². The van der Waals surface area contributed by atoms with Crippen LogP contribution in [0.4, 0.5) is 18.9 Å². The van der Waals surface area contributed by atoms with Gasteiger partial charge in [0.05, 0.1) is 5.56 Å². The summed E-state index contributed by atoms with van der Waals surface area (Å²) < 4.78 is 57.7. The van der Waals surface area contributed by atoms with Gasteiger partial charge in [0.2, 0.25) is 0 Å². The maximum absolute atomic E-state index is 12.3. The lowest BCUT2D eigenvalue weighted by atomic mass is 10.2. The Hall–Kier alpha value is -1.08. The summed E-state index contributed by atoms with van der Waals surface area (Å²) in [5, 5.41) is 0. The summed E-state index contributed by atoms with van der Waals surface area (Å²) in [5.41, 5.74) is 3.75. The molecule has 0 radical (unpaired) electrons. The van der Waals surface area contributed by atoms with Crippen LogP contribution in [0.1, 0.15) is 5.56 Å². The Morgan fingerprint density at radius 2 is 1.93 bits per heavy atom. The highest BCUT2D eigenvalue weighted by Gasteiger charge is 2.33. The number of hydrogen-bond donors (Lipinski definition) is 1. The zero-order valence-electron chi connectivity index (χ0n) is 6.67. The van der Waals surface area contributed by atoms with Crippen molar-refractivity contribution in [2.24, 2.45) is 0 Å². The molecule has 3 nitrogen and oxygen atoms in total. The Bertz CT molecular complexity index is 378. The van der Waals surface area contributed by atoms with E-state index in [1.54, 1.807) is 0 Å². The predicted molar refractivity (Wildman–Crippen MR) is 43.0 cm³/mol. The normalized spacial score (nSPS) is 14.0. The molecule has 1 aromatic carbocycles. The van der Waals surface area contributed by atoms with Crippen LogP contribution in [0, 0.1) is 0 Å². The van der Waals surface area contributed by atoms with Gasteiger partial charge in [-0.15, -0.1) is 0 Å². The van der Waals surface area contributed by atoms with Crippen molar-refractivity contribution >= 4 is 16.8 Å². The first kappa shape index (κ1) is 11.0. The summed E-state index contributed by atoms with van der Waals surface area (Å²) in [5.74, 6) is 0. The molecule has 1 atom stereocenters. The lowest BCUT2D eigenvalue weighted by molar-refractivity contribution is -0.139. The number of rotatable bonds is 1. The molecular formula is C7H5F3NO2S-. The minimum absolute atomic E-state index is 0.133. The van der Waals surface area contributed by atoms with Crippen molar-refractivity contribution in [2.45, 2.75) is 11.1 Å². The number of benzene rings is 1. The first-order valence-corrected chi connectivity index (χ1v) is 4.46. The molecule has 14 heavy (non-hydrogen) atoms. The van der Waals surface area contributed by atoms with E-state index in [1.807, 2.05) is 0 Å². The number of alkyl halides is 3. The molecule has 78 valence electrons. The van der Waals surface area contributed by atoms with Gasteiger partial charge in [0.15, 0.2) is 0 Å². The molecule has 1 aromatic rings. The number of nitrogens with two attached hydrogens (primary N) is 1. The summed E-state index contributed by atoms with van der Waals surface area (Å²) >= 11 is -2.92. The highest BCUT2D eigenvalue weighted by Crippen LogP contribution is 2.34. The van der Waals surface area contributed by atoms with Gasteiger partial charge in [-0.25, -0.2) is 0 Å². The largest absolute Gasteiger partial charge is 0.768 e. The first-order chi connectivity index (χ1) is 6.32. The van der Waals surface area contributed by atoms with E-state index in [1.165, 1.54) is 0 Å². The van der Waals surface area contributed by atoms with Crippen LogP contribution in [0.5, 0.6) is 0 Å². The molecule has 0 amide bonds. The van der Waals surface area contributed by atoms with Gasteiger partial charge in [-0.1, -0.05) is 0 Å². The molecule has 2 N–H and O–H groups in total. The van der Waals surface area contributed by atoms with E-state index >= 15 is 0 Å². The number of nitrogen functional groups attached to an aromatic ring is 1. The van der Waals surface area contributed by atoms with Crippen LogP contribution >= 0.6 is 0 Å². The molecule has 0 aliphatic heterocycles. The zero-order valence-corrected chi connectivity index (χ0v) is 7.48. The minimum Gasteiger partial charge on any atom is -0.768 e. The Morgan fingerprint density at radius 3 is 2.36 bits per heavy atom. The lowest BCUT2D eigenvalue weighted by Gasteiger charge is -2.14. The van der Waals surface area contributed by atoms with E-state index in [0.717, 1.165) is 12.1 Å². The van der Waals surface area contributed by atoms with Gasteiger partial charge >= 0.3 is 6.18 Å². The molecule has 1 unspecified atom stereocenters. The monoisotopic (exact) mass is 224 g/mol. The van der Waals surface area contributed by atoms with Gasteiger partial charge in [-0.2, -0.15) is 13.2 Å². The topological polar surface area (TPSA) is 66.2 Å². The Labute approximate surface area is 80.0 Å². The van der Waals surface area contributed by atoms with Crippen molar-refractivity contribution in [1.29, 1.82) is 0 Å². The second kappa shape index (κ2) is 3.58. The number of halogens is 3. The molecule has 0 aliphatic carbocycles. The minimum atomic E-state index is -4.72. The third-order valence-electron chi connectivity index (χ3n) is 1.49. The standard InChI is InChI=1S/C7H6F3NO2S/c8-7(9,10)5-3-4(11)1-2-6(5)14(12)13/h1-3H,11H2,(H,12,13)/p-1. The summed E-state index contributed by atoms with van der Waals surface area (Å²) in [6.07, 6.45) is -4.72. The van der Waals surface area contributed by atoms with Crippen molar-refractivity contribution in [1.82, 2.24) is 0 Å². The summed E-state index contributed by atoms with van der Waals surface area (Å²) in [4.78, 5) is -0.799. The molecular weight excluding hydrogens is 219 g/mol. The Kier molecular flexibility index (Phi) is 2.81. The van der Waals surface area contributed by atoms with E-state index in [4.69, 9.17) is 5.73 Å². The summed E-state index contributed by atoms with van der Waals surface area (Å²) in [7, 11) is 0. The molecule has 0 bridgehead atoms. The summed E-state index contributed by atoms with van der Waals surface area (Å²) in [6.45, 7) is 0. The highest BCUT2D eigenvalue weighted by molar-refractivity contribution is 7.79. The molecule has 0 spiro atoms. The van der Waals surface area contributed by atoms with Gasteiger partial charge in [0, 0.05) is 10.6 Å². The van der Waals surface area contributed by atoms with Crippen molar-refractivity contribution in [3.8, 4) is 0 Å². The second-order valence-corrected chi connectivity index (χ2v) is 3.40. The van der Waals surface area contributed by atoms with Crippen LogP contribution < -0.4 is 5.73 Å². The molecule has 1 rings (SSSR count). The van der Waals surface area contributed by atoms with Crippen LogP contribution in [0.15, 0.2) is 23.1 Å². The molecule has 0 saturated carbocycles. The molecule has 7 heteroatoms. The average Bonchev–Trinajstić information content (AvgIpc) is 2.01. The maximum Gasteiger partial charge on any atom is 0.417 e. The van der Waals surface area contributed by atoms with E-state index in [0.29, 0.717) is 6.07 Å². The van der Waals surface area contributed by atoms with E-state index < -0.39 is 27.7 Å². The van der Waals surface area contributed by atoms with Crippen molar-refractivity contribution < 1.29 is 21.9 Å². The SMILES string of the molecule is Nc1ccc(S(=O)[O-])c(C(F)(F)F)c1. The number of hydrogen-bond acceptors (Lipinski definition) is 3. The second-order valence-electron chi connectivity index (χ2n) is 2.49. The van der Waals surface area contributed by atoms with Crippen molar-refractivity contribution in [3.05, 3.63) is 23.8 Å². The summed E-state index contributed by atoms with van der Waals surface area (Å²) in [6, 6.07) is 2.51. The fourth-order valence-electron chi connectivity index (χ4n) is 0.914. The van der Waals surface area contributed by atoms with Crippen LogP contribution in [-0.4, -0.2) is 8.76 Å². The van der Waals surface area contributed by atoms with E-state index in [2.05, 4.69) is 0 Å². The van der Waals surface area contributed by atoms with E-state index in [9.17, 15) is 21.9 Å². The van der Waals surface area contributed by atoms with Gasteiger partial charge in [0.25, 0.3) is 0 Å². The Morgan fingerprint density at radius 1 is 1.36 bits per heavy atom. The molecule has 0 aliphatic rings.